The summed E-state index contributed by atoms with van der Waals surface area (Å²) in [5.41, 5.74) is 11.7. The van der Waals surface area contributed by atoms with E-state index in [-0.39, 0.29) is 0 Å². The maximum atomic E-state index is 6.13. The molecular weight excluding hydrogens is 382 g/mol. The van der Waals surface area contributed by atoms with Crippen LogP contribution in [0.25, 0.3) is 11.2 Å². The number of aromatic nitrogens is 4. The van der Waals surface area contributed by atoms with Gasteiger partial charge >= 0.3 is 5.65 Å². The predicted molar refractivity (Wildman–Crippen MR) is 127 cm³/mol. The fraction of sp³-hybridized carbons (Fsp3) is 0.654. The van der Waals surface area contributed by atoms with Crippen LogP contribution in [-0.4, -0.2) is 14.5 Å². The number of nitrogen functional groups attached to an aromatic ring is 1. The van der Waals surface area contributed by atoms with Crippen molar-refractivity contribution < 1.29 is 4.57 Å². The molecule has 2 fully saturated rings. The summed E-state index contributed by atoms with van der Waals surface area (Å²) in [5.74, 6) is 2.00. The summed E-state index contributed by atoms with van der Waals surface area (Å²) in [6.07, 6.45) is 14.9. The Morgan fingerprint density at radius 2 is 2.10 bits per heavy atom. The molecule has 0 spiro atoms. The highest BCUT2D eigenvalue weighted by Gasteiger charge is 2.52. The predicted octanol–water partition coefficient (Wildman–Crippen LogP) is 5.36. The Balaban J connectivity index is 1.47. The number of imidazole rings is 1. The molecular formula is C26H40N5+. The quantitative estimate of drug-likeness (QED) is 0.521. The van der Waals surface area contributed by atoms with E-state index < -0.39 is 0 Å². The topological polar surface area (TPSA) is 60.6 Å². The summed E-state index contributed by atoms with van der Waals surface area (Å²) in [6.45, 7) is 15.2. The zero-order valence-electron chi connectivity index (χ0n) is 20.1. The number of hydrogen-bond acceptors (Lipinski definition) is 3. The minimum absolute atomic E-state index is 0.410. The van der Waals surface area contributed by atoms with Crippen molar-refractivity contribution in [3.63, 3.8) is 0 Å². The summed E-state index contributed by atoms with van der Waals surface area (Å²) in [5, 5.41) is 0. The highest BCUT2D eigenvalue weighted by atomic mass is 15.2. The van der Waals surface area contributed by atoms with E-state index in [4.69, 9.17) is 5.73 Å². The first-order valence-corrected chi connectivity index (χ1v) is 11.9. The second kappa shape index (κ2) is 8.07. The van der Waals surface area contributed by atoms with Gasteiger partial charge in [0.1, 0.15) is 0 Å². The molecule has 5 nitrogen and oxygen atoms in total. The van der Waals surface area contributed by atoms with Crippen molar-refractivity contribution in [2.75, 3.05) is 5.73 Å². The van der Waals surface area contributed by atoms with E-state index in [9.17, 15) is 0 Å². The lowest BCUT2D eigenvalue weighted by Crippen LogP contribution is -2.49. The van der Waals surface area contributed by atoms with Gasteiger partial charge in [-0.25, -0.2) is 4.57 Å². The molecule has 2 aliphatic carbocycles. The van der Waals surface area contributed by atoms with Crippen molar-refractivity contribution in [2.45, 2.75) is 79.2 Å². The fourth-order valence-electron chi connectivity index (χ4n) is 6.91. The zero-order valence-corrected chi connectivity index (χ0v) is 20.1. The first-order valence-electron chi connectivity index (χ1n) is 11.9. The summed E-state index contributed by atoms with van der Waals surface area (Å²) in [6, 6.07) is 0. The van der Waals surface area contributed by atoms with Crippen molar-refractivity contribution in [2.24, 2.45) is 29.7 Å². The Hall–Kier alpha value is -2.17. The van der Waals surface area contributed by atoms with Gasteiger partial charge in [-0.2, -0.15) is 4.98 Å². The number of nitrogens with two attached hydrogens (primary N) is 1. The van der Waals surface area contributed by atoms with Crippen LogP contribution in [0.15, 0.2) is 36.5 Å². The number of anilines is 1. The van der Waals surface area contributed by atoms with Gasteiger partial charge in [0.05, 0.1) is 13.6 Å². The molecule has 0 aromatic carbocycles. The highest BCUT2D eigenvalue weighted by Crippen LogP contribution is 2.61. The van der Waals surface area contributed by atoms with Crippen LogP contribution in [0, 0.1) is 22.7 Å². The molecule has 2 heterocycles. The minimum atomic E-state index is 0.410. The molecule has 5 heteroatoms. The molecule has 2 aromatic rings. The van der Waals surface area contributed by atoms with Gasteiger partial charge in [-0.1, -0.05) is 56.0 Å². The molecule has 2 aromatic heterocycles. The molecule has 0 amide bonds. The normalized spacial score (nSPS) is 28.7. The van der Waals surface area contributed by atoms with E-state index in [1.165, 1.54) is 56.0 Å². The Morgan fingerprint density at radius 1 is 1.32 bits per heavy atom. The first kappa shape index (κ1) is 22.0. The molecule has 168 valence electrons. The van der Waals surface area contributed by atoms with Crippen LogP contribution in [0.3, 0.4) is 0 Å². The maximum Gasteiger partial charge on any atom is 0.307 e. The molecule has 2 unspecified atom stereocenters. The number of hydrogen-bond donors (Lipinski definition) is 1. The average molecular weight is 423 g/mol. The number of allylic oxidation sites excluding steroid dienone is 3. The molecule has 0 aliphatic heterocycles. The molecule has 31 heavy (non-hydrogen) atoms. The fourth-order valence-corrected chi connectivity index (χ4v) is 6.91. The molecule has 0 saturated heterocycles. The van der Waals surface area contributed by atoms with Crippen molar-refractivity contribution in [3.05, 3.63) is 36.5 Å². The second-order valence-corrected chi connectivity index (χ2v) is 11.0. The molecule has 2 aliphatic rings. The van der Waals surface area contributed by atoms with Gasteiger partial charge in [0, 0.05) is 0 Å². The van der Waals surface area contributed by atoms with Gasteiger partial charge in [-0.3, -0.25) is 4.57 Å². The maximum absolute atomic E-state index is 6.13. The van der Waals surface area contributed by atoms with Crippen LogP contribution in [0.1, 0.15) is 72.6 Å². The second-order valence-electron chi connectivity index (χ2n) is 11.0. The van der Waals surface area contributed by atoms with Crippen LogP contribution >= 0.6 is 0 Å². The molecule has 0 bridgehead atoms. The van der Waals surface area contributed by atoms with E-state index in [1.807, 2.05) is 11.6 Å². The Kier molecular flexibility index (Phi) is 5.74. The average Bonchev–Trinajstić information content (AvgIpc) is 3.02. The number of nitrogens with zero attached hydrogens (tertiary/aromatic N) is 4. The monoisotopic (exact) mass is 422 g/mol. The zero-order chi connectivity index (χ0) is 22.4. The van der Waals surface area contributed by atoms with E-state index in [0.717, 1.165) is 30.0 Å². The summed E-state index contributed by atoms with van der Waals surface area (Å²) in [4.78, 5) is 8.55. The molecule has 2 saturated carbocycles. The Bertz CT molecular complexity index is 1010. The van der Waals surface area contributed by atoms with Gasteiger partial charge in [0.25, 0.3) is 0 Å². The first-order chi connectivity index (χ1) is 14.6. The van der Waals surface area contributed by atoms with Crippen LogP contribution in [0.4, 0.5) is 5.82 Å². The minimum Gasteiger partial charge on any atom is -0.380 e. The summed E-state index contributed by atoms with van der Waals surface area (Å²) in [7, 11) is 2.00. The molecule has 2 N–H and O–H groups in total. The lowest BCUT2D eigenvalue weighted by molar-refractivity contribution is -0.647. The van der Waals surface area contributed by atoms with Gasteiger partial charge in [0.2, 0.25) is 5.52 Å². The van der Waals surface area contributed by atoms with Crippen molar-refractivity contribution in [1.82, 2.24) is 14.5 Å². The van der Waals surface area contributed by atoms with E-state index in [0.29, 0.717) is 22.6 Å². The van der Waals surface area contributed by atoms with E-state index in [1.54, 1.807) is 0 Å². The molecule has 4 rings (SSSR count). The number of fused-ring (bicyclic) bond motifs is 2. The SMILES string of the molecule is C=C1CCC2C(C)(C)CCC[C@]2(C)C1CCC(C)=CCn1c[n+](C)c2ncnc(N)c21. The van der Waals surface area contributed by atoms with Crippen molar-refractivity contribution >= 4 is 17.0 Å². The third-order valence-electron chi connectivity index (χ3n) is 8.55. The smallest absolute Gasteiger partial charge is 0.307 e. The highest BCUT2D eigenvalue weighted by molar-refractivity contribution is 5.79. The summed E-state index contributed by atoms with van der Waals surface area (Å²) < 4.78 is 4.16. The van der Waals surface area contributed by atoms with Crippen LogP contribution in [-0.2, 0) is 13.6 Å². The van der Waals surface area contributed by atoms with Crippen LogP contribution in [0.5, 0.6) is 0 Å². The lowest BCUT2D eigenvalue weighted by atomic mass is 9.47. The van der Waals surface area contributed by atoms with Crippen molar-refractivity contribution in [1.29, 1.82) is 0 Å². The van der Waals surface area contributed by atoms with E-state index >= 15 is 0 Å². The van der Waals surface area contributed by atoms with Crippen molar-refractivity contribution in [3.8, 4) is 0 Å². The number of rotatable bonds is 5. The summed E-state index contributed by atoms with van der Waals surface area (Å²) >= 11 is 0. The largest absolute Gasteiger partial charge is 0.380 e. The third-order valence-corrected chi connectivity index (χ3v) is 8.55. The van der Waals surface area contributed by atoms with Gasteiger partial charge in [-0.15, -0.1) is 0 Å². The van der Waals surface area contributed by atoms with Gasteiger partial charge in [0.15, 0.2) is 18.5 Å². The molecule has 0 radical (unpaired) electrons. The third kappa shape index (κ3) is 3.92. The Labute approximate surface area is 187 Å². The van der Waals surface area contributed by atoms with Gasteiger partial charge < -0.3 is 5.73 Å². The Morgan fingerprint density at radius 3 is 2.87 bits per heavy atom. The van der Waals surface area contributed by atoms with E-state index in [2.05, 4.69) is 61.2 Å². The van der Waals surface area contributed by atoms with Crippen LogP contribution in [0.2, 0.25) is 0 Å². The van der Waals surface area contributed by atoms with Gasteiger partial charge in [-0.05, 0) is 68.1 Å². The standard InChI is InChI=1S/C26H40N5/c1-18(12-15-31-17-30(6)24-22(31)23(27)28-16-29-24)8-10-20-19(2)9-11-21-25(3,4)13-7-14-26(20,21)5/h12,16-17,20-21H,2,7-11,13-15H2,1,3-6H3,(H2,27,28,29)/q+1/t20?,21?,26-/m1/s1. The number of aryl methyl sites for hydroxylation is 1. The molecule has 3 atom stereocenters. The van der Waals surface area contributed by atoms with Crippen LogP contribution < -0.4 is 10.3 Å². The lowest BCUT2D eigenvalue weighted by Gasteiger charge is -2.58.